The lowest BCUT2D eigenvalue weighted by molar-refractivity contribution is -0.385. The molecule has 1 rings (SSSR count). The van der Waals surface area contributed by atoms with E-state index in [4.69, 9.17) is 10.5 Å². The average molecular weight is 267 g/mol. The van der Waals surface area contributed by atoms with E-state index >= 15 is 0 Å². The van der Waals surface area contributed by atoms with Crippen molar-refractivity contribution in [2.45, 2.75) is 26.3 Å². The minimum atomic E-state index is -0.569. The number of primary amides is 1. The second-order valence-electron chi connectivity index (χ2n) is 4.06. The smallest absolute Gasteiger partial charge is 0.311 e. The van der Waals surface area contributed by atoms with Gasteiger partial charge >= 0.3 is 5.69 Å². The first-order valence-electron chi connectivity index (χ1n) is 5.92. The van der Waals surface area contributed by atoms with Crippen LogP contribution < -0.4 is 15.8 Å². The number of nitrogens with two attached hydrogens (primary N) is 1. The maximum Gasteiger partial charge on any atom is 0.311 e. The fraction of sp³-hybridized carbons (Fsp3) is 0.417. The van der Waals surface area contributed by atoms with E-state index in [1.807, 2.05) is 6.92 Å². The monoisotopic (exact) mass is 267 g/mol. The summed E-state index contributed by atoms with van der Waals surface area (Å²) in [5, 5.41) is 13.7. The molecule has 0 heterocycles. The van der Waals surface area contributed by atoms with Gasteiger partial charge in [-0.3, -0.25) is 14.9 Å². The molecule has 104 valence electrons. The third-order valence-corrected chi connectivity index (χ3v) is 2.43. The standard InChI is InChI=1S/C12H17N3O4/c1-3-6-19-11-7-9(14-8(2)12(13)16)4-5-10(11)15(17)18/h4-5,7-8,14H,3,6H2,1-2H3,(H2,13,16). The number of nitrogens with zero attached hydrogens (tertiary/aromatic N) is 1. The first-order chi connectivity index (χ1) is 8.95. The second kappa shape index (κ2) is 6.58. The molecule has 0 radical (unpaired) electrons. The summed E-state index contributed by atoms with van der Waals surface area (Å²) in [6, 6.07) is 3.77. The Kier molecular flexibility index (Phi) is 5.11. The molecule has 1 aromatic rings. The quantitative estimate of drug-likeness (QED) is 0.577. The molecule has 7 nitrogen and oxygen atoms in total. The molecule has 0 saturated heterocycles. The molecule has 7 heteroatoms. The van der Waals surface area contributed by atoms with Gasteiger partial charge in [-0.15, -0.1) is 0 Å². The number of amides is 1. The van der Waals surface area contributed by atoms with E-state index < -0.39 is 16.9 Å². The summed E-state index contributed by atoms with van der Waals surface area (Å²) in [5.41, 5.74) is 5.58. The number of nitrogens with one attached hydrogen (secondary N) is 1. The molecule has 0 aliphatic heterocycles. The van der Waals surface area contributed by atoms with Gasteiger partial charge in [0.15, 0.2) is 5.75 Å². The van der Waals surface area contributed by atoms with Crippen molar-refractivity contribution in [3.63, 3.8) is 0 Å². The second-order valence-corrected chi connectivity index (χ2v) is 4.06. The van der Waals surface area contributed by atoms with Crippen LogP contribution in [0.1, 0.15) is 20.3 Å². The van der Waals surface area contributed by atoms with Gasteiger partial charge in [0.1, 0.15) is 6.04 Å². The van der Waals surface area contributed by atoms with Crippen molar-refractivity contribution in [3.8, 4) is 5.75 Å². The van der Waals surface area contributed by atoms with Crippen molar-refractivity contribution >= 4 is 17.3 Å². The van der Waals surface area contributed by atoms with Crippen molar-refractivity contribution in [3.05, 3.63) is 28.3 Å². The number of nitro benzene ring substituents is 1. The lowest BCUT2D eigenvalue weighted by Gasteiger charge is -2.13. The number of benzene rings is 1. The van der Waals surface area contributed by atoms with Crippen molar-refractivity contribution < 1.29 is 14.5 Å². The van der Waals surface area contributed by atoms with E-state index in [2.05, 4.69) is 5.32 Å². The van der Waals surface area contributed by atoms with Crippen molar-refractivity contribution in [1.29, 1.82) is 0 Å². The number of rotatable bonds is 7. The van der Waals surface area contributed by atoms with Crippen LogP contribution in [0.25, 0.3) is 0 Å². The van der Waals surface area contributed by atoms with Crippen LogP contribution in [0.4, 0.5) is 11.4 Å². The first kappa shape index (κ1) is 14.7. The third kappa shape index (κ3) is 4.13. The Bertz CT molecular complexity index is 476. The molecule has 19 heavy (non-hydrogen) atoms. The molecule has 0 saturated carbocycles. The molecular weight excluding hydrogens is 250 g/mol. The normalized spacial score (nSPS) is 11.7. The molecule has 0 aliphatic carbocycles. The molecule has 0 spiro atoms. The van der Waals surface area contributed by atoms with Gasteiger partial charge in [0.25, 0.3) is 0 Å². The van der Waals surface area contributed by atoms with Crippen molar-refractivity contribution in [2.75, 3.05) is 11.9 Å². The number of carbonyl (C=O) groups is 1. The Hall–Kier alpha value is -2.31. The zero-order valence-corrected chi connectivity index (χ0v) is 10.9. The molecule has 1 amide bonds. The Balaban J connectivity index is 2.96. The zero-order chi connectivity index (χ0) is 14.4. The Labute approximate surface area is 110 Å². The highest BCUT2D eigenvalue weighted by atomic mass is 16.6. The lowest BCUT2D eigenvalue weighted by Crippen LogP contribution is -2.32. The molecule has 0 aromatic heterocycles. The average Bonchev–Trinajstić information content (AvgIpc) is 2.35. The predicted octanol–water partition coefficient (Wildman–Crippen LogP) is 1.67. The molecule has 0 aliphatic rings. The Morgan fingerprint density at radius 2 is 2.26 bits per heavy atom. The number of hydrogen-bond donors (Lipinski definition) is 2. The summed E-state index contributed by atoms with van der Waals surface area (Å²) in [7, 11) is 0. The summed E-state index contributed by atoms with van der Waals surface area (Å²) in [5.74, 6) is -0.331. The molecule has 1 atom stereocenters. The minimum Gasteiger partial charge on any atom is -0.487 e. The van der Waals surface area contributed by atoms with Crippen LogP contribution in [0.5, 0.6) is 5.75 Å². The van der Waals surface area contributed by atoms with Gasteiger partial charge in [0, 0.05) is 17.8 Å². The SMILES string of the molecule is CCCOc1cc(NC(C)C(N)=O)ccc1[N+](=O)[O-]. The molecular formula is C12H17N3O4. The molecule has 1 unspecified atom stereocenters. The van der Waals surface area contributed by atoms with Crippen LogP contribution in [-0.4, -0.2) is 23.5 Å². The van der Waals surface area contributed by atoms with E-state index in [9.17, 15) is 14.9 Å². The highest BCUT2D eigenvalue weighted by molar-refractivity contribution is 5.82. The number of carbonyl (C=O) groups excluding carboxylic acids is 1. The molecule has 3 N–H and O–H groups in total. The fourth-order valence-corrected chi connectivity index (χ4v) is 1.40. The summed E-state index contributed by atoms with van der Waals surface area (Å²) < 4.78 is 5.33. The third-order valence-electron chi connectivity index (χ3n) is 2.43. The van der Waals surface area contributed by atoms with Gasteiger partial charge in [-0.1, -0.05) is 6.92 Å². The number of nitro groups is 1. The highest BCUT2D eigenvalue weighted by Gasteiger charge is 2.17. The van der Waals surface area contributed by atoms with Crippen molar-refractivity contribution in [2.24, 2.45) is 5.73 Å². The molecule has 0 fully saturated rings. The summed E-state index contributed by atoms with van der Waals surface area (Å²) in [6.45, 7) is 3.90. The Morgan fingerprint density at radius 1 is 1.58 bits per heavy atom. The number of hydrogen-bond acceptors (Lipinski definition) is 5. The van der Waals surface area contributed by atoms with E-state index in [0.29, 0.717) is 12.3 Å². The topological polar surface area (TPSA) is 107 Å². The molecule has 1 aromatic carbocycles. The van der Waals surface area contributed by atoms with Crippen molar-refractivity contribution in [1.82, 2.24) is 0 Å². The summed E-state index contributed by atoms with van der Waals surface area (Å²) in [4.78, 5) is 21.3. The zero-order valence-electron chi connectivity index (χ0n) is 10.9. The highest BCUT2D eigenvalue weighted by Crippen LogP contribution is 2.30. The predicted molar refractivity (Wildman–Crippen MR) is 71.2 cm³/mol. The van der Waals surface area contributed by atoms with Gasteiger partial charge in [0.2, 0.25) is 5.91 Å². The van der Waals surface area contributed by atoms with Crippen LogP contribution >= 0.6 is 0 Å². The van der Waals surface area contributed by atoms with Crippen LogP contribution in [0.2, 0.25) is 0 Å². The van der Waals surface area contributed by atoms with Gasteiger partial charge in [0.05, 0.1) is 11.5 Å². The maximum absolute atomic E-state index is 11.0. The van der Waals surface area contributed by atoms with Gasteiger partial charge in [-0.2, -0.15) is 0 Å². The van der Waals surface area contributed by atoms with Crippen LogP contribution in [0, 0.1) is 10.1 Å². The first-order valence-corrected chi connectivity index (χ1v) is 5.92. The largest absolute Gasteiger partial charge is 0.487 e. The summed E-state index contributed by atoms with van der Waals surface area (Å²) >= 11 is 0. The van der Waals surface area contributed by atoms with E-state index in [1.54, 1.807) is 6.92 Å². The van der Waals surface area contributed by atoms with Gasteiger partial charge < -0.3 is 15.8 Å². The number of anilines is 1. The fourth-order valence-electron chi connectivity index (χ4n) is 1.40. The van der Waals surface area contributed by atoms with Crippen LogP contribution in [0.3, 0.4) is 0 Å². The summed E-state index contributed by atoms with van der Waals surface area (Å²) in [6.07, 6.45) is 0.743. The maximum atomic E-state index is 11.0. The van der Waals surface area contributed by atoms with E-state index in [1.165, 1.54) is 18.2 Å². The molecule has 0 bridgehead atoms. The lowest BCUT2D eigenvalue weighted by atomic mass is 10.2. The minimum absolute atomic E-state index is 0.106. The van der Waals surface area contributed by atoms with Crippen LogP contribution in [-0.2, 0) is 4.79 Å². The van der Waals surface area contributed by atoms with E-state index in [0.717, 1.165) is 6.42 Å². The Morgan fingerprint density at radius 3 is 2.79 bits per heavy atom. The van der Waals surface area contributed by atoms with Gasteiger partial charge in [-0.25, -0.2) is 0 Å². The van der Waals surface area contributed by atoms with Crippen LogP contribution in [0.15, 0.2) is 18.2 Å². The van der Waals surface area contributed by atoms with E-state index in [-0.39, 0.29) is 11.4 Å². The number of ether oxygens (including phenoxy) is 1. The van der Waals surface area contributed by atoms with Gasteiger partial charge in [-0.05, 0) is 19.4 Å².